The number of nitrogens with zero attached hydrogens (tertiary/aromatic N) is 3. The van der Waals surface area contributed by atoms with Crippen LogP contribution in [-0.2, 0) is 5.41 Å². The Balaban J connectivity index is 1.07. The molecule has 0 fully saturated rings. The minimum absolute atomic E-state index is 0.123. The van der Waals surface area contributed by atoms with Gasteiger partial charge in [-0.05, 0) is 74.5 Å². The van der Waals surface area contributed by atoms with E-state index in [4.69, 9.17) is 24.4 Å². The molecule has 0 unspecified atom stereocenters. The second kappa shape index (κ2) is 11.2. The molecule has 2 aliphatic rings. The fourth-order valence-corrected chi connectivity index (χ4v) is 7.54. The summed E-state index contributed by atoms with van der Waals surface area (Å²) in [4.78, 5) is 15.1. The largest absolute Gasteiger partial charge is 0.450 e. The van der Waals surface area contributed by atoms with E-state index in [1.807, 2.05) is 54.6 Å². The van der Waals surface area contributed by atoms with Crippen molar-refractivity contribution in [2.45, 2.75) is 19.3 Å². The minimum atomic E-state index is -0.123. The molecule has 0 N–H and O–H groups in total. The van der Waals surface area contributed by atoms with Crippen molar-refractivity contribution in [3.05, 3.63) is 163 Å². The lowest BCUT2D eigenvalue weighted by atomic mass is 9.82. The van der Waals surface area contributed by atoms with E-state index in [2.05, 4.69) is 111 Å². The number of fused-ring (bicyclic) bond motifs is 6. The minimum Gasteiger partial charge on any atom is -0.450 e. The van der Waals surface area contributed by atoms with Gasteiger partial charge in [0.15, 0.2) is 40.5 Å². The SMILES string of the molecule is CC1(C)c2ccccc2-c2cc3c(cc21)Oc1ccc(-c2ccccc2-c2nc(-c4ccccc4)nc(-c4ccc5ccccc5c4)n2)cc1O3. The van der Waals surface area contributed by atoms with Gasteiger partial charge in [-0.1, -0.05) is 135 Å². The first-order valence-electron chi connectivity index (χ1n) is 17.2. The zero-order valence-electron chi connectivity index (χ0n) is 28.1. The number of hydrogen-bond donors (Lipinski definition) is 0. The molecule has 0 amide bonds. The molecule has 8 aromatic rings. The molecule has 10 rings (SSSR count). The van der Waals surface area contributed by atoms with Gasteiger partial charge in [-0.3, -0.25) is 0 Å². The zero-order chi connectivity index (χ0) is 34.1. The van der Waals surface area contributed by atoms with E-state index in [9.17, 15) is 0 Å². The van der Waals surface area contributed by atoms with Crippen molar-refractivity contribution in [3.8, 4) is 79.4 Å². The molecule has 7 aromatic carbocycles. The van der Waals surface area contributed by atoms with E-state index in [0.717, 1.165) is 39.0 Å². The summed E-state index contributed by atoms with van der Waals surface area (Å²) in [7, 11) is 0. The Morgan fingerprint density at radius 1 is 0.373 bits per heavy atom. The summed E-state index contributed by atoms with van der Waals surface area (Å²) < 4.78 is 13.1. The molecule has 1 aliphatic carbocycles. The van der Waals surface area contributed by atoms with E-state index in [-0.39, 0.29) is 5.41 Å². The lowest BCUT2D eigenvalue weighted by Crippen LogP contribution is -2.15. The first-order valence-corrected chi connectivity index (χ1v) is 17.2. The molecule has 2 heterocycles. The molecule has 1 aromatic heterocycles. The predicted octanol–water partition coefficient (Wildman–Crippen LogP) is 11.9. The maximum absolute atomic E-state index is 6.62. The lowest BCUT2D eigenvalue weighted by Gasteiger charge is -2.25. The Labute approximate surface area is 295 Å². The standard InChI is InChI=1S/C46H31N3O2/c1-46(2)37-19-11-10-17-34(37)36-26-41-42(27-38(36)46)50-39-23-22-31(25-40(39)51-41)33-16-8-9-18-35(33)45-48-43(29-13-4-3-5-14-29)47-44(49-45)32-21-20-28-12-6-7-15-30(28)24-32/h3-27H,1-2H3. The summed E-state index contributed by atoms with van der Waals surface area (Å²) in [5.41, 5.74) is 9.58. The maximum atomic E-state index is 6.62. The van der Waals surface area contributed by atoms with Crippen LogP contribution in [-0.4, -0.2) is 15.0 Å². The Morgan fingerprint density at radius 3 is 1.82 bits per heavy atom. The maximum Gasteiger partial charge on any atom is 0.170 e. The highest BCUT2D eigenvalue weighted by Crippen LogP contribution is 2.55. The third-order valence-corrected chi connectivity index (χ3v) is 10.2. The van der Waals surface area contributed by atoms with E-state index >= 15 is 0 Å². The van der Waals surface area contributed by atoms with Gasteiger partial charge in [0.05, 0.1) is 0 Å². The zero-order valence-corrected chi connectivity index (χ0v) is 28.1. The van der Waals surface area contributed by atoms with Crippen LogP contribution in [0.5, 0.6) is 23.0 Å². The van der Waals surface area contributed by atoms with Crippen LogP contribution >= 0.6 is 0 Å². The molecule has 5 nitrogen and oxygen atoms in total. The van der Waals surface area contributed by atoms with Gasteiger partial charge in [0.1, 0.15) is 0 Å². The van der Waals surface area contributed by atoms with Crippen molar-refractivity contribution in [2.24, 2.45) is 0 Å². The third-order valence-electron chi connectivity index (χ3n) is 10.2. The summed E-state index contributed by atoms with van der Waals surface area (Å²) in [6.45, 7) is 4.54. The van der Waals surface area contributed by atoms with Crippen LogP contribution in [0.1, 0.15) is 25.0 Å². The molecule has 51 heavy (non-hydrogen) atoms. The van der Waals surface area contributed by atoms with Gasteiger partial charge in [-0.15, -0.1) is 0 Å². The van der Waals surface area contributed by atoms with Gasteiger partial charge >= 0.3 is 0 Å². The van der Waals surface area contributed by atoms with Gasteiger partial charge in [-0.25, -0.2) is 15.0 Å². The second-order valence-electron chi connectivity index (χ2n) is 13.7. The van der Waals surface area contributed by atoms with Crippen LogP contribution in [0.2, 0.25) is 0 Å². The molecule has 0 saturated heterocycles. The summed E-state index contributed by atoms with van der Waals surface area (Å²) >= 11 is 0. The number of ether oxygens (including phenoxy) is 2. The number of aromatic nitrogens is 3. The molecular weight excluding hydrogens is 627 g/mol. The third kappa shape index (κ3) is 4.81. The van der Waals surface area contributed by atoms with Gasteiger partial charge in [-0.2, -0.15) is 0 Å². The van der Waals surface area contributed by atoms with Gasteiger partial charge in [0.25, 0.3) is 0 Å². The summed E-state index contributed by atoms with van der Waals surface area (Å²) in [5.74, 6) is 4.63. The molecule has 0 atom stereocenters. The Kier molecular flexibility index (Phi) is 6.46. The Hall–Kier alpha value is -6.59. The molecule has 0 bridgehead atoms. The molecule has 0 radical (unpaired) electrons. The molecule has 1 aliphatic heterocycles. The summed E-state index contributed by atoms with van der Waals surface area (Å²) in [5, 5.41) is 2.30. The molecule has 242 valence electrons. The highest BCUT2D eigenvalue weighted by molar-refractivity contribution is 5.88. The van der Waals surface area contributed by atoms with Gasteiger partial charge in [0.2, 0.25) is 0 Å². The molecule has 5 heteroatoms. The van der Waals surface area contributed by atoms with Crippen molar-refractivity contribution in [1.29, 1.82) is 0 Å². The topological polar surface area (TPSA) is 57.1 Å². The van der Waals surface area contributed by atoms with Crippen LogP contribution in [0.15, 0.2) is 152 Å². The van der Waals surface area contributed by atoms with E-state index < -0.39 is 0 Å². The monoisotopic (exact) mass is 657 g/mol. The van der Waals surface area contributed by atoms with Gasteiger partial charge < -0.3 is 9.47 Å². The fourth-order valence-electron chi connectivity index (χ4n) is 7.54. The smallest absolute Gasteiger partial charge is 0.170 e. The van der Waals surface area contributed by atoms with Crippen LogP contribution in [0.4, 0.5) is 0 Å². The molecule has 0 spiro atoms. The average molecular weight is 658 g/mol. The highest BCUT2D eigenvalue weighted by atomic mass is 16.6. The van der Waals surface area contributed by atoms with Crippen molar-refractivity contribution in [1.82, 2.24) is 15.0 Å². The van der Waals surface area contributed by atoms with E-state index in [0.29, 0.717) is 34.7 Å². The van der Waals surface area contributed by atoms with Crippen molar-refractivity contribution < 1.29 is 9.47 Å². The second-order valence-corrected chi connectivity index (χ2v) is 13.7. The van der Waals surface area contributed by atoms with Crippen LogP contribution in [0.25, 0.3) is 67.2 Å². The van der Waals surface area contributed by atoms with Crippen molar-refractivity contribution in [3.63, 3.8) is 0 Å². The first-order chi connectivity index (χ1) is 25.0. The average Bonchev–Trinajstić information content (AvgIpc) is 3.41. The van der Waals surface area contributed by atoms with E-state index in [1.165, 1.54) is 27.6 Å². The summed E-state index contributed by atoms with van der Waals surface area (Å²) in [6.07, 6.45) is 0. The van der Waals surface area contributed by atoms with Crippen LogP contribution in [0, 0.1) is 0 Å². The van der Waals surface area contributed by atoms with Crippen LogP contribution in [0.3, 0.4) is 0 Å². The number of hydrogen-bond acceptors (Lipinski definition) is 5. The Morgan fingerprint density at radius 2 is 0.980 bits per heavy atom. The normalized spacial score (nSPS) is 13.4. The Bertz CT molecular complexity index is 2680. The van der Waals surface area contributed by atoms with Crippen LogP contribution < -0.4 is 9.47 Å². The molecular formula is C46H31N3O2. The highest BCUT2D eigenvalue weighted by Gasteiger charge is 2.37. The predicted molar refractivity (Wildman–Crippen MR) is 203 cm³/mol. The lowest BCUT2D eigenvalue weighted by molar-refractivity contribution is 0.359. The van der Waals surface area contributed by atoms with E-state index in [1.54, 1.807) is 0 Å². The van der Waals surface area contributed by atoms with Crippen molar-refractivity contribution >= 4 is 10.8 Å². The quantitative estimate of drug-likeness (QED) is 0.188. The fraction of sp³-hybridized carbons (Fsp3) is 0.0652. The number of benzene rings is 7. The summed E-state index contributed by atoms with van der Waals surface area (Å²) in [6, 6.07) is 52.0. The first kappa shape index (κ1) is 29.3. The number of rotatable bonds is 4. The van der Waals surface area contributed by atoms with Gasteiger partial charge in [0, 0.05) is 22.1 Å². The van der Waals surface area contributed by atoms with Crippen molar-refractivity contribution in [2.75, 3.05) is 0 Å². The molecule has 0 saturated carbocycles.